The van der Waals surface area contributed by atoms with Gasteiger partial charge < -0.3 is 4.74 Å². The van der Waals surface area contributed by atoms with Crippen LogP contribution < -0.4 is 9.46 Å². The van der Waals surface area contributed by atoms with Crippen molar-refractivity contribution >= 4 is 15.7 Å². The van der Waals surface area contributed by atoms with E-state index in [9.17, 15) is 8.42 Å². The van der Waals surface area contributed by atoms with Gasteiger partial charge in [0.05, 0.1) is 11.4 Å². The maximum atomic E-state index is 12.9. The maximum absolute atomic E-state index is 12.9. The maximum Gasteiger partial charge on any atom is 0.265 e. The minimum atomic E-state index is -3.78. The second kappa shape index (κ2) is 8.42. The molecule has 0 radical (unpaired) electrons. The lowest BCUT2D eigenvalue weighted by molar-refractivity contribution is 0.459. The topological polar surface area (TPSA) is 117 Å². The van der Waals surface area contributed by atoms with E-state index in [0.29, 0.717) is 46.9 Å². The molecule has 0 spiro atoms. The molecule has 166 valence electrons. The van der Waals surface area contributed by atoms with E-state index in [2.05, 4.69) is 24.9 Å². The number of anilines is 1. The molecule has 10 nitrogen and oxygen atoms in total. The third-order valence-corrected chi connectivity index (χ3v) is 6.39. The molecule has 0 aliphatic carbocycles. The molecule has 0 fully saturated rings. The molecular formula is C21H23N7O3S. The molecule has 1 N–H and O–H groups in total. The molecule has 3 heterocycles. The van der Waals surface area contributed by atoms with E-state index in [1.807, 2.05) is 6.92 Å². The molecule has 0 aliphatic rings. The number of benzene rings is 1. The quantitative estimate of drug-likeness (QED) is 0.456. The Morgan fingerprint density at radius 3 is 2.47 bits per heavy atom. The van der Waals surface area contributed by atoms with Gasteiger partial charge in [0.25, 0.3) is 10.0 Å². The van der Waals surface area contributed by atoms with Crippen molar-refractivity contribution in [1.29, 1.82) is 0 Å². The van der Waals surface area contributed by atoms with Crippen molar-refractivity contribution in [2.45, 2.75) is 39.1 Å². The van der Waals surface area contributed by atoms with Crippen LogP contribution in [0.2, 0.25) is 0 Å². The van der Waals surface area contributed by atoms with Crippen LogP contribution in [0.25, 0.3) is 5.82 Å². The summed E-state index contributed by atoms with van der Waals surface area (Å²) in [6.07, 6.45) is 3.44. The molecule has 0 bridgehead atoms. The van der Waals surface area contributed by atoms with E-state index in [-0.39, 0.29) is 4.90 Å². The van der Waals surface area contributed by atoms with Gasteiger partial charge in [0, 0.05) is 30.7 Å². The van der Waals surface area contributed by atoms with Gasteiger partial charge in [-0.1, -0.05) is 0 Å². The van der Waals surface area contributed by atoms with Gasteiger partial charge in [-0.25, -0.2) is 18.1 Å². The molecule has 0 saturated carbocycles. The minimum absolute atomic E-state index is 0.197. The van der Waals surface area contributed by atoms with Gasteiger partial charge in [-0.15, -0.1) is 0 Å². The Morgan fingerprint density at radius 2 is 1.84 bits per heavy atom. The van der Waals surface area contributed by atoms with Crippen molar-refractivity contribution in [2.24, 2.45) is 0 Å². The van der Waals surface area contributed by atoms with Crippen LogP contribution in [0.15, 0.2) is 53.7 Å². The minimum Gasteiger partial charge on any atom is -0.439 e. The molecule has 3 aromatic heterocycles. The summed E-state index contributed by atoms with van der Waals surface area (Å²) in [5.74, 6) is 1.98. The molecule has 1 aromatic carbocycles. The lowest BCUT2D eigenvalue weighted by Crippen LogP contribution is -2.15. The molecule has 0 aliphatic heterocycles. The van der Waals surface area contributed by atoms with Crippen molar-refractivity contribution in [3.63, 3.8) is 0 Å². The summed E-state index contributed by atoms with van der Waals surface area (Å²) in [6, 6.07) is 10.1. The fourth-order valence-corrected chi connectivity index (χ4v) is 4.87. The van der Waals surface area contributed by atoms with Crippen LogP contribution in [0.3, 0.4) is 0 Å². The Kier molecular flexibility index (Phi) is 5.66. The predicted octanol–water partition coefficient (Wildman–Crippen LogP) is 3.40. The lowest BCUT2D eigenvalue weighted by Gasteiger charge is -2.11. The zero-order chi connectivity index (χ0) is 22.9. The van der Waals surface area contributed by atoms with Gasteiger partial charge in [-0.2, -0.15) is 15.2 Å². The number of aryl methyl sites for hydroxylation is 3. The average molecular weight is 454 g/mol. The van der Waals surface area contributed by atoms with E-state index in [1.165, 1.54) is 0 Å². The second-order valence-corrected chi connectivity index (χ2v) is 8.73. The molecule has 0 saturated heterocycles. The number of rotatable bonds is 7. The molecular weight excluding hydrogens is 430 g/mol. The zero-order valence-electron chi connectivity index (χ0n) is 18.1. The van der Waals surface area contributed by atoms with Crippen molar-refractivity contribution in [2.75, 3.05) is 4.72 Å². The molecule has 0 unspecified atom stereocenters. The number of hydrogen-bond acceptors (Lipinski definition) is 7. The van der Waals surface area contributed by atoms with E-state index in [1.54, 1.807) is 78.9 Å². The summed E-state index contributed by atoms with van der Waals surface area (Å²) in [7, 11) is -3.78. The fraction of sp³-hybridized carbons (Fsp3) is 0.238. The normalized spacial score (nSPS) is 11.5. The number of hydrogen-bond donors (Lipinski definition) is 1. The van der Waals surface area contributed by atoms with Crippen LogP contribution in [0.4, 0.5) is 5.69 Å². The van der Waals surface area contributed by atoms with Gasteiger partial charge in [0.1, 0.15) is 16.5 Å². The number of nitrogens with zero attached hydrogens (tertiary/aromatic N) is 6. The average Bonchev–Trinajstić information content (AvgIpc) is 3.37. The summed E-state index contributed by atoms with van der Waals surface area (Å²) < 4.78 is 37.6. The SMILES string of the molecule is CCn1nc(C)c(S(=O)(=O)Nc2ccc(Oc3cc(-n4cccn4)nc(C)n3)cc2)c1C. The van der Waals surface area contributed by atoms with Gasteiger partial charge in [0.15, 0.2) is 5.82 Å². The van der Waals surface area contributed by atoms with Crippen molar-refractivity contribution in [3.05, 3.63) is 66.0 Å². The van der Waals surface area contributed by atoms with Crippen LogP contribution in [0.1, 0.15) is 24.1 Å². The first kappa shape index (κ1) is 21.5. The van der Waals surface area contributed by atoms with Crippen LogP contribution >= 0.6 is 0 Å². The molecule has 0 amide bonds. The summed E-state index contributed by atoms with van der Waals surface area (Å²) in [6.45, 7) is 7.71. The van der Waals surface area contributed by atoms with Gasteiger partial charge in [-0.05, 0) is 58.0 Å². The molecule has 0 atom stereocenters. The molecule has 4 aromatic rings. The van der Waals surface area contributed by atoms with Crippen LogP contribution in [0.5, 0.6) is 11.6 Å². The van der Waals surface area contributed by atoms with E-state index in [0.717, 1.165) is 0 Å². The predicted molar refractivity (Wildman–Crippen MR) is 119 cm³/mol. The highest BCUT2D eigenvalue weighted by Crippen LogP contribution is 2.26. The van der Waals surface area contributed by atoms with Crippen LogP contribution in [0, 0.1) is 20.8 Å². The Morgan fingerprint density at radius 1 is 1.09 bits per heavy atom. The van der Waals surface area contributed by atoms with Gasteiger partial charge in [0.2, 0.25) is 5.88 Å². The second-order valence-electron chi connectivity index (χ2n) is 7.11. The molecule has 11 heteroatoms. The highest BCUT2D eigenvalue weighted by molar-refractivity contribution is 7.92. The Labute approximate surface area is 186 Å². The van der Waals surface area contributed by atoms with Crippen molar-refractivity contribution < 1.29 is 13.2 Å². The monoisotopic (exact) mass is 453 g/mol. The highest BCUT2D eigenvalue weighted by atomic mass is 32.2. The fourth-order valence-electron chi connectivity index (χ4n) is 3.39. The van der Waals surface area contributed by atoms with Crippen LogP contribution in [-0.4, -0.2) is 37.9 Å². The third kappa shape index (κ3) is 4.33. The number of ether oxygens (including phenoxy) is 1. The van der Waals surface area contributed by atoms with Crippen molar-refractivity contribution in [3.8, 4) is 17.4 Å². The Bertz CT molecular complexity index is 1350. The summed E-state index contributed by atoms with van der Waals surface area (Å²) >= 11 is 0. The first-order valence-electron chi connectivity index (χ1n) is 9.97. The first-order valence-corrected chi connectivity index (χ1v) is 11.5. The first-order chi connectivity index (χ1) is 15.3. The largest absolute Gasteiger partial charge is 0.439 e. The zero-order valence-corrected chi connectivity index (χ0v) is 19.0. The van der Waals surface area contributed by atoms with Gasteiger partial charge >= 0.3 is 0 Å². The Hall–Kier alpha value is -3.73. The highest BCUT2D eigenvalue weighted by Gasteiger charge is 2.24. The smallest absolute Gasteiger partial charge is 0.265 e. The number of nitrogens with one attached hydrogen (secondary N) is 1. The summed E-state index contributed by atoms with van der Waals surface area (Å²) in [5.41, 5.74) is 1.48. The standard InChI is InChI=1S/C21H23N7O3S/c1-5-27-15(3)21(14(2)25-27)32(29,30)26-17-7-9-18(10-8-17)31-20-13-19(23-16(4)24-20)28-12-6-11-22-28/h6-13,26H,5H2,1-4H3. The number of sulfonamides is 1. The van der Waals surface area contributed by atoms with Gasteiger partial charge in [-0.3, -0.25) is 9.40 Å². The van der Waals surface area contributed by atoms with E-state index < -0.39 is 10.0 Å². The third-order valence-electron chi connectivity index (χ3n) is 4.75. The molecule has 32 heavy (non-hydrogen) atoms. The summed E-state index contributed by atoms with van der Waals surface area (Å²) in [5, 5.41) is 8.45. The number of aromatic nitrogens is 6. The van der Waals surface area contributed by atoms with Crippen molar-refractivity contribution in [1.82, 2.24) is 29.5 Å². The Balaban J connectivity index is 1.53. The van der Waals surface area contributed by atoms with Crippen LogP contribution in [-0.2, 0) is 16.6 Å². The van der Waals surface area contributed by atoms with E-state index in [4.69, 9.17) is 4.74 Å². The van der Waals surface area contributed by atoms with E-state index >= 15 is 0 Å². The summed E-state index contributed by atoms with van der Waals surface area (Å²) in [4.78, 5) is 8.84. The molecule has 4 rings (SSSR count). The lowest BCUT2D eigenvalue weighted by atomic mass is 10.3.